The summed E-state index contributed by atoms with van der Waals surface area (Å²) in [6.45, 7) is 6.71. The summed E-state index contributed by atoms with van der Waals surface area (Å²) in [4.78, 5) is 28.1. The third-order valence-electron chi connectivity index (χ3n) is 3.89. The Kier molecular flexibility index (Phi) is 7.95. The number of hydrogen-bond donors (Lipinski definition) is 2. The minimum atomic E-state index is -0.228. The Hall–Kier alpha value is -2.73. The van der Waals surface area contributed by atoms with Gasteiger partial charge in [-0.15, -0.1) is 0 Å². The number of nitrogens with one attached hydrogen (secondary N) is 2. The largest absolute Gasteiger partial charge is 0.378 e. The summed E-state index contributed by atoms with van der Waals surface area (Å²) in [6.07, 6.45) is 4.64. The fourth-order valence-corrected chi connectivity index (χ4v) is 2.65. The van der Waals surface area contributed by atoms with Crippen molar-refractivity contribution in [2.75, 3.05) is 17.2 Å². The molecule has 0 aliphatic heterocycles. The van der Waals surface area contributed by atoms with Crippen LogP contribution in [0.1, 0.15) is 44.0 Å². The molecule has 0 radical (unpaired) electrons. The van der Waals surface area contributed by atoms with Crippen LogP contribution in [0.15, 0.2) is 48.8 Å². The Morgan fingerprint density at radius 2 is 1.78 bits per heavy atom. The number of aromatic nitrogens is 1. The molecule has 1 aromatic heterocycles. The van der Waals surface area contributed by atoms with Gasteiger partial charge in [-0.25, -0.2) is 0 Å². The molecule has 2 aromatic rings. The maximum Gasteiger partial charge on any atom is 0.255 e. The van der Waals surface area contributed by atoms with Crippen molar-refractivity contribution >= 4 is 23.2 Å². The van der Waals surface area contributed by atoms with Crippen molar-refractivity contribution in [1.82, 2.24) is 4.98 Å². The van der Waals surface area contributed by atoms with E-state index in [1.165, 1.54) is 0 Å². The molecule has 6 heteroatoms. The zero-order valence-corrected chi connectivity index (χ0v) is 16.1. The summed E-state index contributed by atoms with van der Waals surface area (Å²) in [6, 6.07) is 10.3. The van der Waals surface area contributed by atoms with E-state index in [-0.39, 0.29) is 17.9 Å². The molecule has 0 aliphatic rings. The fourth-order valence-electron chi connectivity index (χ4n) is 2.65. The fraction of sp³-hybridized carbons (Fsp3) is 0.381. The van der Waals surface area contributed by atoms with Gasteiger partial charge in [-0.1, -0.05) is 13.8 Å². The van der Waals surface area contributed by atoms with Gasteiger partial charge in [-0.2, -0.15) is 0 Å². The summed E-state index contributed by atoms with van der Waals surface area (Å²) < 4.78 is 5.65. The lowest BCUT2D eigenvalue weighted by atomic mass is 10.1. The lowest BCUT2D eigenvalue weighted by Crippen LogP contribution is -2.18. The lowest BCUT2D eigenvalue weighted by molar-refractivity contribution is -0.117. The number of carbonyl (C=O) groups excluding carboxylic acids is 2. The quantitative estimate of drug-likeness (QED) is 0.697. The van der Waals surface area contributed by atoms with E-state index in [0.29, 0.717) is 35.9 Å². The molecule has 2 amide bonds. The van der Waals surface area contributed by atoms with E-state index in [1.54, 1.807) is 48.8 Å². The van der Waals surface area contributed by atoms with Crippen LogP contribution in [-0.2, 0) is 9.53 Å². The van der Waals surface area contributed by atoms with Gasteiger partial charge in [0.2, 0.25) is 5.91 Å². The van der Waals surface area contributed by atoms with E-state index in [4.69, 9.17) is 4.74 Å². The number of benzene rings is 1. The Morgan fingerprint density at radius 3 is 2.41 bits per heavy atom. The van der Waals surface area contributed by atoms with Crippen LogP contribution >= 0.6 is 0 Å². The Balaban J connectivity index is 1.77. The van der Waals surface area contributed by atoms with Crippen LogP contribution in [-0.4, -0.2) is 29.5 Å². The predicted molar refractivity (Wildman–Crippen MR) is 107 cm³/mol. The summed E-state index contributed by atoms with van der Waals surface area (Å²) >= 11 is 0. The second-order valence-electron chi connectivity index (χ2n) is 6.88. The van der Waals surface area contributed by atoms with Gasteiger partial charge in [-0.3, -0.25) is 14.6 Å². The molecule has 0 fully saturated rings. The third kappa shape index (κ3) is 7.58. The Morgan fingerprint density at radius 1 is 1.04 bits per heavy atom. The van der Waals surface area contributed by atoms with Crippen LogP contribution in [0.3, 0.4) is 0 Å². The average molecular weight is 369 g/mol. The first-order valence-electron chi connectivity index (χ1n) is 9.17. The van der Waals surface area contributed by atoms with Crippen LogP contribution in [0.4, 0.5) is 11.4 Å². The molecular weight excluding hydrogens is 342 g/mol. The van der Waals surface area contributed by atoms with Gasteiger partial charge in [0.15, 0.2) is 0 Å². The van der Waals surface area contributed by atoms with Gasteiger partial charge in [0.05, 0.1) is 31.0 Å². The number of rotatable bonds is 9. The highest BCUT2D eigenvalue weighted by atomic mass is 16.5. The number of pyridine rings is 1. The SMILES string of the molecule is CC(C)CC(C)OCCC(=O)Nc1ccc(C(=O)Nc2cccnc2)cc1. The number of ether oxygens (including phenoxy) is 1. The van der Waals surface area contributed by atoms with Crippen molar-refractivity contribution in [3.8, 4) is 0 Å². The van der Waals surface area contributed by atoms with Crippen molar-refractivity contribution in [1.29, 1.82) is 0 Å². The maximum absolute atomic E-state index is 12.2. The minimum absolute atomic E-state index is 0.112. The molecule has 1 unspecified atom stereocenters. The van der Waals surface area contributed by atoms with Crippen molar-refractivity contribution in [3.63, 3.8) is 0 Å². The van der Waals surface area contributed by atoms with Crippen molar-refractivity contribution < 1.29 is 14.3 Å². The number of hydrogen-bond acceptors (Lipinski definition) is 4. The van der Waals surface area contributed by atoms with Gasteiger partial charge in [0.1, 0.15) is 0 Å². The van der Waals surface area contributed by atoms with E-state index in [1.807, 2.05) is 6.92 Å². The van der Waals surface area contributed by atoms with Crippen LogP contribution in [0.5, 0.6) is 0 Å². The molecule has 1 heterocycles. The molecule has 2 rings (SSSR count). The van der Waals surface area contributed by atoms with Crippen LogP contribution in [0.2, 0.25) is 0 Å². The average Bonchev–Trinajstić information content (AvgIpc) is 2.62. The molecule has 2 N–H and O–H groups in total. The van der Waals surface area contributed by atoms with Gasteiger partial charge >= 0.3 is 0 Å². The van der Waals surface area contributed by atoms with Crippen LogP contribution in [0, 0.1) is 5.92 Å². The number of anilines is 2. The smallest absolute Gasteiger partial charge is 0.255 e. The van der Waals surface area contributed by atoms with Crippen LogP contribution < -0.4 is 10.6 Å². The van der Waals surface area contributed by atoms with Crippen molar-refractivity contribution in [2.45, 2.75) is 39.7 Å². The normalized spacial score (nSPS) is 11.9. The molecule has 0 aliphatic carbocycles. The maximum atomic E-state index is 12.2. The van der Waals surface area contributed by atoms with Gasteiger partial charge in [-0.05, 0) is 55.7 Å². The third-order valence-corrected chi connectivity index (χ3v) is 3.89. The van der Waals surface area contributed by atoms with Crippen molar-refractivity contribution in [2.24, 2.45) is 5.92 Å². The highest BCUT2D eigenvalue weighted by Crippen LogP contribution is 2.13. The van der Waals surface area contributed by atoms with Crippen LogP contribution in [0.25, 0.3) is 0 Å². The summed E-state index contributed by atoms with van der Waals surface area (Å²) in [5, 5.41) is 5.58. The first-order chi connectivity index (χ1) is 12.9. The molecule has 6 nitrogen and oxygen atoms in total. The summed E-state index contributed by atoms with van der Waals surface area (Å²) in [5.74, 6) is 0.232. The van der Waals surface area contributed by atoms with Gasteiger partial charge < -0.3 is 15.4 Å². The first kappa shape index (κ1) is 20.6. The molecule has 1 atom stereocenters. The molecule has 0 saturated carbocycles. The predicted octanol–water partition coefficient (Wildman–Crippen LogP) is 4.11. The first-order valence-corrected chi connectivity index (χ1v) is 9.17. The molecule has 27 heavy (non-hydrogen) atoms. The number of carbonyl (C=O) groups is 2. The summed E-state index contributed by atoms with van der Waals surface area (Å²) in [7, 11) is 0. The van der Waals surface area contributed by atoms with E-state index >= 15 is 0 Å². The highest BCUT2D eigenvalue weighted by molar-refractivity contribution is 6.04. The zero-order chi connectivity index (χ0) is 19.6. The topological polar surface area (TPSA) is 80.3 Å². The van der Waals surface area contributed by atoms with E-state index in [0.717, 1.165) is 6.42 Å². The second kappa shape index (κ2) is 10.4. The molecule has 0 spiro atoms. The van der Waals surface area contributed by atoms with Crippen molar-refractivity contribution in [3.05, 3.63) is 54.4 Å². The minimum Gasteiger partial charge on any atom is -0.378 e. The molecule has 0 saturated heterocycles. The monoisotopic (exact) mass is 369 g/mol. The van der Waals surface area contributed by atoms with E-state index in [2.05, 4.69) is 29.5 Å². The Bertz CT molecular complexity index is 730. The molecular formula is C21H27N3O3. The van der Waals surface area contributed by atoms with Gasteiger partial charge in [0, 0.05) is 17.4 Å². The zero-order valence-electron chi connectivity index (χ0n) is 16.1. The lowest BCUT2D eigenvalue weighted by Gasteiger charge is -2.15. The van der Waals surface area contributed by atoms with E-state index in [9.17, 15) is 9.59 Å². The number of nitrogens with zero attached hydrogens (tertiary/aromatic N) is 1. The molecule has 1 aromatic carbocycles. The highest BCUT2D eigenvalue weighted by Gasteiger charge is 2.09. The standard InChI is InChI=1S/C21H27N3O3/c1-15(2)13-16(3)27-12-10-20(25)23-18-8-6-17(7-9-18)21(26)24-19-5-4-11-22-14-19/h4-9,11,14-16H,10,12-13H2,1-3H3,(H,23,25)(H,24,26). The van der Waals surface area contributed by atoms with Gasteiger partial charge in [0.25, 0.3) is 5.91 Å². The molecule has 0 bridgehead atoms. The number of amides is 2. The van der Waals surface area contributed by atoms with E-state index < -0.39 is 0 Å². The summed E-state index contributed by atoms with van der Waals surface area (Å²) in [5.41, 5.74) is 1.78. The Labute approximate surface area is 160 Å². The second-order valence-corrected chi connectivity index (χ2v) is 6.88. The molecule has 144 valence electrons.